The highest BCUT2D eigenvalue weighted by Gasteiger charge is 2.32. The summed E-state index contributed by atoms with van der Waals surface area (Å²) in [6.07, 6.45) is 6.37. The average molecular weight is 407 g/mol. The Hall–Kier alpha value is -2.38. The van der Waals surface area contributed by atoms with Crippen molar-refractivity contribution in [3.63, 3.8) is 0 Å². The zero-order valence-corrected chi connectivity index (χ0v) is 18.8. The van der Waals surface area contributed by atoms with Crippen molar-refractivity contribution in [2.45, 2.75) is 59.8 Å². The Morgan fingerprint density at radius 1 is 1.28 bits per heavy atom. The molecule has 1 aromatic carbocycles. The molecule has 1 atom stereocenters. The van der Waals surface area contributed by atoms with Crippen LogP contribution in [0.3, 0.4) is 0 Å². The molecule has 3 rings (SSSR count). The monoisotopic (exact) mass is 406 g/mol. The molecule has 0 saturated heterocycles. The molecule has 0 aliphatic heterocycles. The van der Waals surface area contributed by atoms with Crippen LogP contribution >= 0.6 is 11.3 Å². The van der Waals surface area contributed by atoms with Crippen LogP contribution in [0.4, 0.5) is 5.00 Å². The van der Waals surface area contributed by atoms with E-state index in [9.17, 15) is 10.1 Å². The van der Waals surface area contributed by atoms with Crippen LogP contribution in [0.5, 0.6) is 0 Å². The third-order valence-electron chi connectivity index (χ3n) is 5.87. The van der Waals surface area contributed by atoms with Gasteiger partial charge >= 0.3 is 0 Å². The van der Waals surface area contributed by atoms with E-state index in [0.29, 0.717) is 22.4 Å². The van der Waals surface area contributed by atoms with Crippen LogP contribution < -0.4 is 5.32 Å². The highest BCUT2D eigenvalue weighted by atomic mass is 32.1. The quantitative estimate of drug-likeness (QED) is 0.586. The number of amides is 1. The Bertz CT molecular complexity index is 952. The van der Waals surface area contributed by atoms with E-state index in [-0.39, 0.29) is 11.3 Å². The standard InChI is InChI=1S/C25H30N2OS/c1-16(2)18-9-6-17(7-10-18)8-13-23(28)27-24-21(15-26)20-12-11-19(25(3,4)5)14-22(20)29-24/h6-10,13,16,19H,11-12,14H2,1-5H3,(H,27,28)/b13-8+/t19-/m0/s1. The first kappa shape index (κ1) is 21.3. The van der Waals surface area contributed by atoms with Gasteiger partial charge in [0, 0.05) is 11.0 Å². The highest BCUT2D eigenvalue weighted by Crippen LogP contribution is 2.43. The van der Waals surface area contributed by atoms with Gasteiger partial charge in [-0.2, -0.15) is 5.26 Å². The Kier molecular flexibility index (Phi) is 6.29. The summed E-state index contributed by atoms with van der Waals surface area (Å²) in [5.41, 5.74) is 4.32. The second-order valence-electron chi connectivity index (χ2n) is 9.27. The summed E-state index contributed by atoms with van der Waals surface area (Å²) in [4.78, 5) is 13.7. The molecule has 0 bridgehead atoms. The highest BCUT2D eigenvalue weighted by molar-refractivity contribution is 7.16. The van der Waals surface area contributed by atoms with E-state index < -0.39 is 0 Å². The lowest BCUT2D eigenvalue weighted by Gasteiger charge is -2.33. The molecular weight excluding hydrogens is 376 g/mol. The summed E-state index contributed by atoms with van der Waals surface area (Å²) in [5.74, 6) is 0.904. The maximum atomic E-state index is 12.5. The summed E-state index contributed by atoms with van der Waals surface area (Å²) in [5, 5.41) is 13.3. The number of nitrogens with one attached hydrogen (secondary N) is 1. The number of nitrogens with zero attached hydrogens (tertiary/aromatic N) is 1. The third-order valence-corrected chi connectivity index (χ3v) is 7.04. The van der Waals surface area contributed by atoms with Crippen molar-refractivity contribution >= 4 is 28.3 Å². The largest absolute Gasteiger partial charge is 0.313 e. The number of anilines is 1. The lowest BCUT2D eigenvalue weighted by molar-refractivity contribution is -0.111. The molecule has 1 heterocycles. The first-order valence-corrected chi connectivity index (χ1v) is 11.1. The normalized spacial score (nSPS) is 16.7. The molecule has 1 aliphatic rings. The van der Waals surface area contributed by atoms with Crippen LogP contribution in [0.1, 0.15) is 74.1 Å². The number of carbonyl (C=O) groups excluding carboxylic acids is 1. The Labute approximate surface area is 178 Å². The van der Waals surface area contributed by atoms with Gasteiger partial charge < -0.3 is 5.32 Å². The molecule has 1 aliphatic carbocycles. The Morgan fingerprint density at radius 3 is 2.55 bits per heavy atom. The van der Waals surface area contributed by atoms with Gasteiger partial charge in [-0.25, -0.2) is 0 Å². The van der Waals surface area contributed by atoms with Crippen LogP contribution in [-0.2, 0) is 17.6 Å². The van der Waals surface area contributed by atoms with E-state index in [1.807, 2.05) is 18.2 Å². The minimum atomic E-state index is -0.194. The molecule has 0 fully saturated rings. The zero-order chi connectivity index (χ0) is 21.2. The van der Waals surface area contributed by atoms with Gasteiger partial charge in [-0.3, -0.25) is 4.79 Å². The van der Waals surface area contributed by atoms with Crippen molar-refractivity contribution in [1.82, 2.24) is 0 Å². The lowest BCUT2D eigenvalue weighted by Crippen LogP contribution is -2.26. The Morgan fingerprint density at radius 2 is 1.97 bits per heavy atom. The number of benzene rings is 1. The fourth-order valence-electron chi connectivity index (χ4n) is 3.85. The van der Waals surface area contributed by atoms with E-state index in [4.69, 9.17) is 0 Å². The van der Waals surface area contributed by atoms with E-state index in [2.05, 4.69) is 58.1 Å². The van der Waals surface area contributed by atoms with Gasteiger partial charge in [0.15, 0.2) is 0 Å². The molecule has 2 aromatic rings. The van der Waals surface area contributed by atoms with E-state index >= 15 is 0 Å². The fourth-order valence-corrected chi connectivity index (χ4v) is 5.13. The predicted octanol–water partition coefficient (Wildman–Crippen LogP) is 6.55. The number of fused-ring (bicyclic) bond motifs is 1. The van der Waals surface area contributed by atoms with Gasteiger partial charge in [0.05, 0.1) is 5.56 Å². The summed E-state index contributed by atoms with van der Waals surface area (Å²) in [7, 11) is 0. The molecular formula is C25H30N2OS. The van der Waals surface area contributed by atoms with Crippen molar-refractivity contribution in [2.75, 3.05) is 5.32 Å². The molecule has 1 amide bonds. The van der Waals surface area contributed by atoms with Crippen LogP contribution in [0, 0.1) is 22.7 Å². The number of rotatable bonds is 4. The topological polar surface area (TPSA) is 52.9 Å². The van der Waals surface area contributed by atoms with E-state index in [1.54, 1.807) is 17.4 Å². The third kappa shape index (κ3) is 4.97. The molecule has 0 saturated carbocycles. The maximum absolute atomic E-state index is 12.5. The van der Waals surface area contributed by atoms with Crippen LogP contribution in [0.25, 0.3) is 6.08 Å². The zero-order valence-electron chi connectivity index (χ0n) is 18.0. The van der Waals surface area contributed by atoms with Crippen LogP contribution in [0.15, 0.2) is 30.3 Å². The molecule has 4 heteroatoms. The second kappa shape index (κ2) is 8.55. The molecule has 3 nitrogen and oxygen atoms in total. The van der Waals surface area contributed by atoms with Crippen molar-refractivity contribution < 1.29 is 4.79 Å². The minimum absolute atomic E-state index is 0.194. The molecule has 29 heavy (non-hydrogen) atoms. The molecule has 152 valence electrons. The van der Waals surface area contributed by atoms with Gasteiger partial charge in [0.25, 0.3) is 0 Å². The molecule has 1 N–H and O–H groups in total. The predicted molar refractivity (Wildman–Crippen MR) is 122 cm³/mol. The van der Waals surface area contributed by atoms with Gasteiger partial charge in [-0.15, -0.1) is 11.3 Å². The van der Waals surface area contributed by atoms with Gasteiger partial charge in [-0.05, 0) is 59.3 Å². The van der Waals surface area contributed by atoms with E-state index in [1.165, 1.54) is 10.4 Å². The summed E-state index contributed by atoms with van der Waals surface area (Å²) >= 11 is 1.57. The van der Waals surface area contributed by atoms with E-state index in [0.717, 1.165) is 30.4 Å². The second-order valence-corrected chi connectivity index (χ2v) is 10.4. The minimum Gasteiger partial charge on any atom is -0.313 e. The molecule has 0 unspecified atom stereocenters. The SMILES string of the molecule is CC(C)c1ccc(/C=C/C(=O)Nc2sc3c(c2C#N)CC[C@H](C(C)(C)C)C3)cc1. The van der Waals surface area contributed by atoms with Crippen molar-refractivity contribution in [3.05, 3.63) is 57.5 Å². The molecule has 0 spiro atoms. The average Bonchev–Trinajstić information content (AvgIpc) is 3.02. The Balaban J connectivity index is 1.72. The van der Waals surface area contributed by atoms with Crippen molar-refractivity contribution in [3.8, 4) is 6.07 Å². The number of hydrogen-bond donors (Lipinski definition) is 1. The van der Waals surface area contributed by atoms with Crippen molar-refractivity contribution in [2.24, 2.45) is 11.3 Å². The number of carbonyl (C=O) groups is 1. The summed E-state index contributed by atoms with van der Waals surface area (Å²) in [6, 6.07) is 10.6. The van der Waals surface area contributed by atoms with Gasteiger partial charge in [-0.1, -0.05) is 58.9 Å². The summed E-state index contributed by atoms with van der Waals surface area (Å²) < 4.78 is 0. The van der Waals surface area contributed by atoms with Gasteiger partial charge in [0.2, 0.25) is 5.91 Å². The molecule has 0 radical (unpaired) electrons. The number of nitriles is 1. The number of hydrogen-bond acceptors (Lipinski definition) is 3. The van der Waals surface area contributed by atoms with Gasteiger partial charge in [0.1, 0.15) is 11.1 Å². The van der Waals surface area contributed by atoms with Crippen molar-refractivity contribution in [1.29, 1.82) is 5.26 Å². The fraction of sp³-hybridized carbons (Fsp3) is 0.440. The smallest absolute Gasteiger partial charge is 0.249 e. The van der Waals surface area contributed by atoms with Crippen LogP contribution in [-0.4, -0.2) is 5.91 Å². The first-order chi connectivity index (χ1) is 13.7. The maximum Gasteiger partial charge on any atom is 0.249 e. The first-order valence-electron chi connectivity index (χ1n) is 10.3. The lowest BCUT2D eigenvalue weighted by atomic mass is 9.72. The molecule has 1 aromatic heterocycles. The number of thiophene rings is 1. The van der Waals surface area contributed by atoms with Crippen LogP contribution in [0.2, 0.25) is 0 Å². The summed E-state index contributed by atoms with van der Waals surface area (Å²) in [6.45, 7) is 11.2.